The van der Waals surface area contributed by atoms with Gasteiger partial charge in [0.15, 0.2) is 0 Å². The number of halogens is 2. The molecule has 4 aromatic rings. The average Bonchev–Trinajstić information content (AvgIpc) is 3.46. The molecule has 1 atom stereocenters. The number of benzene rings is 2. The molecular formula is C27H24Cl2N2O4S. The summed E-state index contributed by atoms with van der Waals surface area (Å²) in [6.07, 6.45) is 1.03. The van der Waals surface area contributed by atoms with Gasteiger partial charge in [-0.25, -0.2) is 4.79 Å². The van der Waals surface area contributed by atoms with Crippen LogP contribution in [-0.2, 0) is 4.74 Å². The van der Waals surface area contributed by atoms with E-state index in [9.17, 15) is 9.59 Å². The van der Waals surface area contributed by atoms with Gasteiger partial charge in [0, 0.05) is 16.5 Å². The summed E-state index contributed by atoms with van der Waals surface area (Å²) >= 11 is 13.9. The van der Waals surface area contributed by atoms with Crippen molar-refractivity contribution < 1.29 is 18.8 Å². The van der Waals surface area contributed by atoms with Gasteiger partial charge in [-0.15, -0.1) is 11.3 Å². The number of carbonyl (C=O) groups is 2. The Kier molecular flexibility index (Phi) is 7.83. The lowest BCUT2D eigenvalue weighted by atomic mass is 9.95. The van der Waals surface area contributed by atoms with Gasteiger partial charge in [0.05, 0.1) is 17.2 Å². The number of ether oxygens (including phenoxy) is 1. The summed E-state index contributed by atoms with van der Waals surface area (Å²) in [6.45, 7) is 5.93. The molecule has 2 heterocycles. The number of methoxy groups -OCH3 is 1. The molecule has 4 rings (SSSR count). The predicted molar refractivity (Wildman–Crippen MR) is 144 cm³/mol. The van der Waals surface area contributed by atoms with Gasteiger partial charge in [-0.1, -0.05) is 72.5 Å². The Balaban J connectivity index is 1.72. The van der Waals surface area contributed by atoms with Crippen LogP contribution in [0.15, 0.2) is 52.4 Å². The van der Waals surface area contributed by atoms with Crippen LogP contribution in [0.3, 0.4) is 0 Å². The highest BCUT2D eigenvalue weighted by atomic mass is 35.5. The number of nitrogens with one attached hydrogen (secondary N) is 1. The van der Waals surface area contributed by atoms with Crippen LogP contribution in [0.1, 0.15) is 58.2 Å². The van der Waals surface area contributed by atoms with Crippen LogP contribution >= 0.6 is 34.5 Å². The number of thiophene rings is 1. The third kappa shape index (κ3) is 4.91. The van der Waals surface area contributed by atoms with E-state index >= 15 is 0 Å². The molecule has 9 heteroatoms. The minimum atomic E-state index is -0.552. The van der Waals surface area contributed by atoms with E-state index in [0.29, 0.717) is 32.1 Å². The van der Waals surface area contributed by atoms with E-state index in [2.05, 4.69) is 36.5 Å². The number of aromatic nitrogens is 1. The van der Waals surface area contributed by atoms with Crippen molar-refractivity contribution in [2.75, 3.05) is 12.4 Å². The number of hydrogen-bond acceptors (Lipinski definition) is 6. The zero-order valence-corrected chi connectivity index (χ0v) is 22.5. The smallest absolute Gasteiger partial charge is 0.341 e. The van der Waals surface area contributed by atoms with Gasteiger partial charge in [-0.3, -0.25) is 4.79 Å². The van der Waals surface area contributed by atoms with Crippen LogP contribution in [0.25, 0.3) is 22.4 Å². The highest BCUT2D eigenvalue weighted by molar-refractivity contribution is 7.15. The van der Waals surface area contributed by atoms with E-state index in [0.717, 1.165) is 12.0 Å². The Morgan fingerprint density at radius 1 is 1.11 bits per heavy atom. The third-order valence-electron chi connectivity index (χ3n) is 6.10. The molecule has 0 bridgehead atoms. The molecule has 6 nitrogen and oxygen atoms in total. The van der Waals surface area contributed by atoms with Crippen molar-refractivity contribution in [2.24, 2.45) is 0 Å². The predicted octanol–water partition coefficient (Wildman–Crippen LogP) is 8.24. The Hall–Kier alpha value is -3.13. The van der Waals surface area contributed by atoms with E-state index in [1.807, 2.05) is 17.5 Å². The van der Waals surface area contributed by atoms with Crippen molar-refractivity contribution in [3.05, 3.63) is 80.3 Å². The van der Waals surface area contributed by atoms with Crippen LogP contribution in [0, 0.1) is 6.92 Å². The van der Waals surface area contributed by atoms with Crippen molar-refractivity contribution >= 4 is 51.4 Å². The summed E-state index contributed by atoms with van der Waals surface area (Å²) in [5.41, 5.74) is 3.81. The van der Waals surface area contributed by atoms with Gasteiger partial charge in [-0.2, -0.15) is 0 Å². The molecule has 2 aromatic carbocycles. The molecule has 0 aliphatic heterocycles. The molecule has 36 heavy (non-hydrogen) atoms. The summed E-state index contributed by atoms with van der Waals surface area (Å²) in [5.74, 6) is -0.339. The fourth-order valence-electron chi connectivity index (χ4n) is 3.89. The normalized spacial score (nSPS) is 11.8. The Bertz CT molecular complexity index is 1410. The second-order valence-corrected chi connectivity index (χ2v) is 9.98. The molecule has 0 fully saturated rings. The standard InChI is InChI=1S/C27H24Cl2N2O4S/c1-5-14(2)16-9-11-17(12-10-16)18-13-36-26(22(18)27(33)34-4)30-25(32)21-15(3)35-31-24(21)23-19(28)7-6-8-20(23)29/h6-14H,5H2,1-4H3,(H,30,32). The second-order valence-electron chi connectivity index (χ2n) is 8.29. The minimum Gasteiger partial charge on any atom is -0.465 e. The van der Waals surface area contributed by atoms with E-state index in [1.54, 1.807) is 25.1 Å². The maximum atomic E-state index is 13.4. The average molecular weight is 543 g/mol. The highest BCUT2D eigenvalue weighted by Gasteiger charge is 2.28. The molecule has 0 aliphatic rings. The number of esters is 1. The molecule has 1 amide bonds. The van der Waals surface area contributed by atoms with E-state index in [-0.39, 0.29) is 22.6 Å². The van der Waals surface area contributed by atoms with Gasteiger partial charge in [0.2, 0.25) is 0 Å². The summed E-state index contributed by atoms with van der Waals surface area (Å²) in [7, 11) is 1.31. The van der Waals surface area contributed by atoms with E-state index < -0.39 is 11.9 Å². The van der Waals surface area contributed by atoms with E-state index in [1.165, 1.54) is 24.0 Å². The van der Waals surface area contributed by atoms with Gasteiger partial charge in [0.25, 0.3) is 5.91 Å². The van der Waals surface area contributed by atoms with Gasteiger partial charge in [0.1, 0.15) is 27.6 Å². The number of nitrogens with zero attached hydrogens (tertiary/aromatic N) is 1. The summed E-state index contributed by atoms with van der Waals surface area (Å²) < 4.78 is 10.4. The van der Waals surface area contributed by atoms with Gasteiger partial charge < -0.3 is 14.6 Å². The molecule has 186 valence electrons. The van der Waals surface area contributed by atoms with Crippen molar-refractivity contribution in [1.82, 2.24) is 5.16 Å². The van der Waals surface area contributed by atoms with Crippen LogP contribution in [0.2, 0.25) is 10.0 Å². The van der Waals surface area contributed by atoms with Crippen molar-refractivity contribution in [2.45, 2.75) is 33.1 Å². The molecule has 1 N–H and O–H groups in total. The molecular weight excluding hydrogens is 519 g/mol. The lowest BCUT2D eigenvalue weighted by molar-refractivity contribution is 0.0603. The second kappa shape index (κ2) is 10.9. The molecule has 0 saturated carbocycles. The number of amides is 1. The Morgan fingerprint density at radius 3 is 2.39 bits per heavy atom. The lowest BCUT2D eigenvalue weighted by Crippen LogP contribution is -2.15. The fraction of sp³-hybridized carbons (Fsp3) is 0.222. The van der Waals surface area contributed by atoms with Gasteiger partial charge in [-0.05, 0) is 42.5 Å². The summed E-state index contributed by atoms with van der Waals surface area (Å²) in [5, 5.41) is 9.72. The minimum absolute atomic E-state index is 0.175. The van der Waals surface area contributed by atoms with Crippen molar-refractivity contribution in [3.8, 4) is 22.4 Å². The number of hydrogen-bond donors (Lipinski definition) is 1. The van der Waals surface area contributed by atoms with Crippen LogP contribution in [0.4, 0.5) is 5.00 Å². The maximum Gasteiger partial charge on any atom is 0.341 e. The highest BCUT2D eigenvalue weighted by Crippen LogP contribution is 2.39. The van der Waals surface area contributed by atoms with Gasteiger partial charge >= 0.3 is 5.97 Å². The molecule has 0 radical (unpaired) electrons. The maximum absolute atomic E-state index is 13.4. The number of carbonyl (C=O) groups excluding carboxylic acids is 2. The SMILES string of the molecule is CCC(C)c1ccc(-c2csc(NC(=O)c3c(-c4c(Cl)cccc4Cl)noc3C)c2C(=O)OC)cc1. The third-order valence-corrected chi connectivity index (χ3v) is 7.63. The van der Waals surface area contributed by atoms with E-state index in [4.69, 9.17) is 32.5 Å². The quantitative estimate of drug-likeness (QED) is 0.238. The summed E-state index contributed by atoms with van der Waals surface area (Å²) in [6, 6.07) is 13.1. The number of rotatable bonds is 7. The summed E-state index contributed by atoms with van der Waals surface area (Å²) in [4.78, 5) is 26.2. The number of anilines is 1. The largest absolute Gasteiger partial charge is 0.465 e. The van der Waals surface area contributed by atoms with Crippen LogP contribution in [0.5, 0.6) is 0 Å². The van der Waals surface area contributed by atoms with Crippen molar-refractivity contribution in [1.29, 1.82) is 0 Å². The zero-order chi connectivity index (χ0) is 26.0. The first-order valence-corrected chi connectivity index (χ1v) is 12.9. The van der Waals surface area contributed by atoms with Crippen LogP contribution in [-0.4, -0.2) is 24.1 Å². The molecule has 0 aliphatic carbocycles. The lowest BCUT2D eigenvalue weighted by Gasteiger charge is -2.11. The number of aryl methyl sites for hydroxylation is 1. The molecule has 1 unspecified atom stereocenters. The molecule has 0 spiro atoms. The topological polar surface area (TPSA) is 81.4 Å². The Morgan fingerprint density at radius 2 is 1.78 bits per heavy atom. The first-order chi connectivity index (χ1) is 17.3. The first kappa shape index (κ1) is 25.9. The van der Waals surface area contributed by atoms with Crippen LogP contribution < -0.4 is 5.32 Å². The first-order valence-electron chi connectivity index (χ1n) is 11.3. The molecule has 2 aromatic heterocycles. The fourth-order valence-corrected chi connectivity index (χ4v) is 5.42. The monoisotopic (exact) mass is 542 g/mol. The molecule has 0 saturated heterocycles. The van der Waals surface area contributed by atoms with Crippen molar-refractivity contribution in [3.63, 3.8) is 0 Å². The zero-order valence-electron chi connectivity index (χ0n) is 20.1. The Labute approximate surface area is 223 Å².